The second kappa shape index (κ2) is 5.69. The minimum Gasteiger partial charge on any atom is -0.437 e. The lowest BCUT2D eigenvalue weighted by molar-refractivity contribution is 0.439. The third-order valence-electron chi connectivity index (χ3n) is 4.63. The van der Waals surface area contributed by atoms with Gasteiger partial charge in [-0.1, -0.05) is 35.4 Å². The topological polar surface area (TPSA) is 55.0 Å². The molecular weight excluding hydrogens is 368 g/mol. The van der Waals surface area contributed by atoms with E-state index in [0.29, 0.717) is 16.5 Å². The van der Waals surface area contributed by atoms with E-state index < -0.39 is 0 Å². The number of nitrogens with one attached hydrogen (secondary N) is 1. The molecule has 0 spiro atoms. The van der Waals surface area contributed by atoms with Crippen LogP contribution in [0.4, 0.5) is 0 Å². The quantitative estimate of drug-likeness (QED) is 0.433. The van der Waals surface area contributed by atoms with Crippen LogP contribution in [0.15, 0.2) is 53.6 Å². The Bertz CT molecular complexity index is 1210. The number of H-pyrrole nitrogens is 1. The van der Waals surface area contributed by atoms with E-state index in [-0.39, 0.29) is 11.5 Å². The molecule has 0 fully saturated rings. The van der Waals surface area contributed by atoms with E-state index in [4.69, 9.17) is 16.3 Å². The van der Waals surface area contributed by atoms with Crippen LogP contribution in [0, 0.1) is 6.92 Å². The van der Waals surface area contributed by atoms with Gasteiger partial charge < -0.3 is 9.72 Å². The van der Waals surface area contributed by atoms with Gasteiger partial charge in [0, 0.05) is 15.1 Å². The summed E-state index contributed by atoms with van der Waals surface area (Å²) in [6, 6.07) is 13.9. The number of aromatic amines is 1. The molecule has 2 aromatic carbocycles. The van der Waals surface area contributed by atoms with Crippen molar-refractivity contribution in [1.29, 1.82) is 0 Å². The SMILES string of the molecule is Cc1ccc2sc3c(c2c1)Oc1nc[nH]c(=O)c1C3c1ccc(Cl)cc1. The number of benzene rings is 2. The van der Waals surface area contributed by atoms with Crippen molar-refractivity contribution in [2.75, 3.05) is 0 Å². The number of hydrogen-bond donors (Lipinski definition) is 1. The molecule has 26 heavy (non-hydrogen) atoms. The van der Waals surface area contributed by atoms with Crippen molar-refractivity contribution in [3.8, 4) is 11.6 Å². The fourth-order valence-electron chi connectivity index (χ4n) is 3.43. The predicted molar refractivity (Wildman–Crippen MR) is 104 cm³/mol. The summed E-state index contributed by atoms with van der Waals surface area (Å²) in [4.78, 5) is 20.6. The third kappa shape index (κ3) is 2.28. The smallest absolute Gasteiger partial charge is 0.258 e. The number of ether oxygens (including phenoxy) is 1. The van der Waals surface area contributed by atoms with Crippen LogP contribution in [0.3, 0.4) is 0 Å². The van der Waals surface area contributed by atoms with Gasteiger partial charge >= 0.3 is 0 Å². The van der Waals surface area contributed by atoms with Crippen LogP contribution in [0.2, 0.25) is 5.02 Å². The van der Waals surface area contributed by atoms with Gasteiger partial charge in [0.15, 0.2) is 5.75 Å². The molecule has 1 atom stereocenters. The number of hydrogen-bond acceptors (Lipinski definition) is 4. The monoisotopic (exact) mass is 380 g/mol. The van der Waals surface area contributed by atoms with Crippen LogP contribution in [0.5, 0.6) is 11.6 Å². The molecule has 2 aromatic heterocycles. The van der Waals surface area contributed by atoms with E-state index >= 15 is 0 Å². The molecule has 128 valence electrons. The highest BCUT2D eigenvalue weighted by atomic mass is 35.5. The maximum atomic E-state index is 12.6. The van der Waals surface area contributed by atoms with Crippen molar-refractivity contribution >= 4 is 33.0 Å². The van der Waals surface area contributed by atoms with E-state index in [1.54, 1.807) is 11.3 Å². The summed E-state index contributed by atoms with van der Waals surface area (Å²) in [6.45, 7) is 2.06. The Balaban J connectivity index is 1.85. The summed E-state index contributed by atoms with van der Waals surface area (Å²) in [7, 11) is 0. The van der Waals surface area contributed by atoms with E-state index in [0.717, 1.165) is 31.8 Å². The Hall–Kier alpha value is -2.63. The Kier molecular flexibility index (Phi) is 3.42. The van der Waals surface area contributed by atoms with Crippen molar-refractivity contribution in [3.63, 3.8) is 0 Å². The maximum absolute atomic E-state index is 12.6. The van der Waals surface area contributed by atoms with Gasteiger partial charge in [-0.15, -0.1) is 11.3 Å². The highest BCUT2D eigenvalue weighted by Gasteiger charge is 2.35. The van der Waals surface area contributed by atoms with E-state index in [1.807, 2.05) is 24.3 Å². The first-order valence-electron chi connectivity index (χ1n) is 8.16. The maximum Gasteiger partial charge on any atom is 0.258 e. The zero-order valence-corrected chi connectivity index (χ0v) is 15.3. The summed E-state index contributed by atoms with van der Waals surface area (Å²) in [6.07, 6.45) is 1.38. The molecule has 1 aliphatic rings. The first kappa shape index (κ1) is 15.6. The standard InChI is InChI=1S/C20H13ClN2O2S/c1-10-2-7-14-13(8-10)17-18(26-14)15(11-3-5-12(21)6-4-11)16-19(24)22-9-23-20(16)25-17/h2-9,15H,1H3,(H,22,23,24). The second-order valence-corrected chi connectivity index (χ2v) is 7.85. The molecule has 0 amide bonds. The fourth-order valence-corrected chi connectivity index (χ4v) is 4.81. The summed E-state index contributed by atoms with van der Waals surface area (Å²) in [5.41, 5.74) is 2.50. The van der Waals surface area contributed by atoms with Crippen molar-refractivity contribution in [1.82, 2.24) is 9.97 Å². The molecule has 6 heteroatoms. The van der Waals surface area contributed by atoms with Crippen molar-refractivity contribution in [2.24, 2.45) is 0 Å². The molecule has 1 N–H and O–H groups in total. The van der Waals surface area contributed by atoms with Crippen LogP contribution >= 0.6 is 22.9 Å². The van der Waals surface area contributed by atoms with Crippen LogP contribution in [0.25, 0.3) is 10.1 Å². The number of halogens is 1. The number of aromatic nitrogens is 2. The fraction of sp³-hybridized carbons (Fsp3) is 0.100. The van der Waals surface area contributed by atoms with Crippen molar-refractivity contribution in [3.05, 3.63) is 85.7 Å². The molecule has 0 saturated carbocycles. The van der Waals surface area contributed by atoms with E-state index in [2.05, 4.69) is 35.1 Å². The van der Waals surface area contributed by atoms with Gasteiger partial charge in [0.25, 0.3) is 5.56 Å². The van der Waals surface area contributed by atoms with Crippen molar-refractivity contribution < 1.29 is 4.74 Å². The molecular formula is C20H13ClN2O2S. The Morgan fingerprint density at radius 2 is 2.00 bits per heavy atom. The highest BCUT2D eigenvalue weighted by Crippen LogP contribution is 2.52. The molecule has 4 aromatic rings. The van der Waals surface area contributed by atoms with Gasteiger partial charge in [0.05, 0.1) is 22.7 Å². The van der Waals surface area contributed by atoms with Crippen LogP contribution in [-0.4, -0.2) is 9.97 Å². The minimum atomic E-state index is -0.235. The normalized spacial score (nSPS) is 15.4. The number of fused-ring (bicyclic) bond motifs is 4. The molecule has 0 saturated heterocycles. The van der Waals surface area contributed by atoms with Gasteiger partial charge in [0.1, 0.15) is 0 Å². The Labute approximate surface area is 158 Å². The minimum absolute atomic E-state index is 0.186. The first-order chi connectivity index (χ1) is 12.6. The number of thiophene rings is 1. The summed E-state index contributed by atoms with van der Waals surface area (Å²) < 4.78 is 7.22. The number of rotatable bonds is 1. The molecule has 0 aliphatic carbocycles. The molecule has 3 heterocycles. The molecule has 1 unspecified atom stereocenters. The zero-order chi connectivity index (χ0) is 17.8. The van der Waals surface area contributed by atoms with Gasteiger partial charge in [0.2, 0.25) is 5.88 Å². The summed E-state index contributed by atoms with van der Waals surface area (Å²) in [5, 5.41) is 1.71. The average molecular weight is 381 g/mol. The second-order valence-electron chi connectivity index (χ2n) is 6.33. The number of aryl methyl sites for hydroxylation is 1. The molecule has 0 bridgehead atoms. The first-order valence-corrected chi connectivity index (χ1v) is 9.35. The number of nitrogens with zero attached hydrogens (tertiary/aromatic N) is 1. The van der Waals surface area contributed by atoms with Gasteiger partial charge in [-0.05, 0) is 36.8 Å². The average Bonchev–Trinajstić information content (AvgIpc) is 2.99. The highest BCUT2D eigenvalue weighted by molar-refractivity contribution is 7.19. The molecule has 5 rings (SSSR count). The van der Waals surface area contributed by atoms with E-state index in [1.165, 1.54) is 6.33 Å². The molecule has 0 radical (unpaired) electrons. The van der Waals surface area contributed by atoms with Crippen LogP contribution in [-0.2, 0) is 0 Å². The van der Waals surface area contributed by atoms with Gasteiger partial charge in [-0.25, -0.2) is 4.98 Å². The van der Waals surface area contributed by atoms with Gasteiger partial charge in [-0.3, -0.25) is 4.79 Å². The summed E-state index contributed by atoms with van der Waals surface area (Å²) in [5.74, 6) is 0.919. The Morgan fingerprint density at radius 3 is 2.81 bits per heavy atom. The predicted octanol–water partition coefficient (Wildman–Crippen LogP) is 5.23. The molecule has 1 aliphatic heterocycles. The lowest BCUT2D eigenvalue weighted by Gasteiger charge is -2.24. The lowest BCUT2D eigenvalue weighted by atomic mass is 9.89. The lowest BCUT2D eigenvalue weighted by Crippen LogP contribution is -2.22. The van der Waals surface area contributed by atoms with Crippen LogP contribution < -0.4 is 10.3 Å². The molecule has 4 nitrogen and oxygen atoms in total. The largest absolute Gasteiger partial charge is 0.437 e. The van der Waals surface area contributed by atoms with E-state index in [9.17, 15) is 4.79 Å². The third-order valence-corrected chi connectivity index (χ3v) is 6.10. The van der Waals surface area contributed by atoms with Gasteiger partial charge in [-0.2, -0.15) is 0 Å². The van der Waals surface area contributed by atoms with Crippen LogP contribution in [0.1, 0.15) is 27.5 Å². The zero-order valence-electron chi connectivity index (χ0n) is 13.7. The Morgan fingerprint density at radius 1 is 1.19 bits per heavy atom. The van der Waals surface area contributed by atoms with Crippen molar-refractivity contribution in [2.45, 2.75) is 12.8 Å². The summed E-state index contributed by atoms with van der Waals surface area (Å²) >= 11 is 7.71.